The number of hydrogen-bond acceptors (Lipinski definition) is 3. The van der Waals surface area contributed by atoms with E-state index in [4.69, 9.17) is 4.42 Å². The Hall–Kier alpha value is -3.60. The molecule has 5 heteroatoms. The highest BCUT2D eigenvalue weighted by molar-refractivity contribution is 6.11. The summed E-state index contributed by atoms with van der Waals surface area (Å²) in [5.41, 5.74) is 5.82. The van der Waals surface area contributed by atoms with E-state index in [1.165, 1.54) is 18.3 Å². The van der Waals surface area contributed by atoms with E-state index in [2.05, 4.69) is 9.98 Å². The van der Waals surface area contributed by atoms with Crippen molar-refractivity contribution in [3.05, 3.63) is 88.6 Å². The van der Waals surface area contributed by atoms with E-state index < -0.39 is 11.6 Å². The van der Waals surface area contributed by atoms with Crippen LogP contribution < -0.4 is 0 Å². The van der Waals surface area contributed by atoms with E-state index in [1.54, 1.807) is 13.1 Å². The van der Waals surface area contributed by atoms with Gasteiger partial charge in [0.1, 0.15) is 5.58 Å². The molecule has 0 N–H and O–H groups in total. The van der Waals surface area contributed by atoms with E-state index in [0.29, 0.717) is 11.3 Å². The third kappa shape index (κ3) is 3.79. The number of hydrogen-bond donors (Lipinski definition) is 0. The van der Waals surface area contributed by atoms with Crippen molar-refractivity contribution in [2.75, 3.05) is 7.05 Å². The zero-order valence-corrected chi connectivity index (χ0v) is 17.8. The molecule has 2 heterocycles. The lowest BCUT2D eigenvalue weighted by Gasteiger charge is -2.08. The molecule has 0 aliphatic carbocycles. The Morgan fingerprint density at radius 2 is 1.77 bits per heavy atom. The summed E-state index contributed by atoms with van der Waals surface area (Å²) >= 11 is 0. The van der Waals surface area contributed by atoms with Gasteiger partial charge in [0, 0.05) is 46.4 Å². The van der Waals surface area contributed by atoms with Crippen molar-refractivity contribution in [2.24, 2.45) is 4.99 Å². The van der Waals surface area contributed by atoms with Gasteiger partial charge in [-0.3, -0.25) is 4.99 Å². The third-order valence-electron chi connectivity index (χ3n) is 5.29. The number of rotatable bonds is 4. The Balaban J connectivity index is 1.88. The number of allylic oxidation sites excluding steroid dienone is 4. The lowest BCUT2D eigenvalue weighted by Crippen LogP contribution is -1.95. The summed E-state index contributed by atoms with van der Waals surface area (Å²) in [7, 11) is 1.59. The molecule has 2 aromatic carbocycles. The van der Waals surface area contributed by atoms with Crippen molar-refractivity contribution >= 4 is 39.4 Å². The summed E-state index contributed by atoms with van der Waals surface area (Å²) in [6.45, 7) is 5.91. The average molecular weight is 416 g/mol. The molecular formula is C26H22F2N2O. The zero-order chi connectivity index (χ0) is 22.1. The van der Waals surface area contributed by atoms with Crippen molar-refractivity contribution in [1.82, 2.24) is 4.98 Å². The molecule has 0 saturated heterocycles. The topological polar surface area (TPSA) is 38.4 Å². The normalized spacial score (nSPS) is 13.1. The first-order valence-corrected chi connectivity index (χ1v) is 9.95. The minimum Gasteiger partial charge on any atom is -0.437 e. The van der Waals surface area contributed by atoms with E-state index in [-0.39, 0.29) is 5.56 Å². The predicted octanol–water partition coefficient (Wildman–Crippen LogP) is 7.06. The maximum atomic E-state index is 14.3. The van der Waals surface area contributed by atoms with Gasteiger partial charge < -0.3 is 4.42 Å². The predicted molar refractivity (Wildman–Crippen MR) is 123 cm³/mol. The zero-order valence-electron chi connectivity index (χ0n) is 17.8. The van der Waals surface area contributed by atoms with Crippen LogP contribution in [-0.2, 0) is 0 Å². The van der Waals surface area contributed by atoms with Gasteiger partial charge in [0.2, 0.25) is 5.71 Å². The van der Waals surface area contributed by atoms with E-state index in [9.17, 15) is 8.78 Å². The molecule has 3 nitrogen and oxygen atoms in total. The number of aromatic nitrogens is 1. The maximum absolute atomic E-state index is 14.3. The SMILES string of the molecule is C/N=C/C(=C\C=C(/C)c1c(C)ccc2c1oc1nc(C)ccc12)c1cccc(F)c1F. The molecule has 0 saturated carbocycles. The summed E-state index contributed by atoms with van der Waals surface area (Å²) in [6.07, 6.45) is 5.13. The van der Waals surface area contributed by atoms with Gasteiger partial charge in [-0.05, 0) is 50.1 Å². The van der Waals surface area contributed by atoms with Gasteiger partial charge in [0.05, 0.1) is 0 Å². The van der Waals surface area contributed by atoms with E-state index in [1.807, 2.05) is 51.1 Å². The van der Waals surface area contributed by atoms with E-state index in [0.717, 1.165) is 44.8 Å². The van der Waals surface area contributed by atoms with Gasteiger partial charge in [0.15, 0.2) is 11.6 Å². The van der Waals surface area contributed by atoms with Gasteiger partial charge in [-0.15, -0.1) is 0 Å². The van der Waals surface area contributed by atoms with Crippen LogP contribution in [0.2, 0.25) is 0 Å². The van der Waals surface area contributed by atoms with Crippen LogP contribution in [0, 0.1) is 25.5 Å². The number of aryl methyl sites for hydroxylation is 2. The van der Waals surface area contributed by atoms with Crippen LogP contribution in [0.3, 0.4) is 0 Å². The molecule has 0 bridgehead atoms. The third-order valence-corrected chi connectivity index (χ3v) is 5.29. The first-order valence-electron chi connectivity index (χ1n) is 9.95. The fraction of sp³-hybridized carbons (Fsp3) is 0.154. The molecule has 0 unspecified atom stereocenters. The second-order valence-corrected chi connectivity index (χ2v) is 7.50. The lowest BCUT2D eigenvalue weighted by atomic mass is 9.97. The number of nitrogens with zero attached hydrogens (tertiary/aromatic N) is 2. The van der Waals surface area contributed by atoms with Crippen LogP contribution in [0.1, 0.15) is 29.3 Å². The van der Waals surface area contributed by atoms with Crippen LogP contribution >= 0.6 is 0 Å². The molecule has 0 atom stereocenters. The van der Waals surface area contributed by atoms with E-state index >= 15 is 0 Å². The van der Waals surface area contributed by atoms with Gasteiger partial charge in [0.25, 0.3) is 0 Å². The molecule has 31 heavy (non-hydrogen) atoms. The van der Waals surface area contributed by atoms with Crippen molar-refractivity contribution in [3.8, 4) is 0 Å². The van der Waals surface area contributed by atoms with Crippen molar-refractivity contribution in [3.63, 3.8) is 0 Å². The van der Waals surface area contributed by atoms with Crippen molar-refractivity contribution in [1.29, 1.82) is 0 Å². The summed E-state index contributed by atoms with van der Waals surface area (Å²) < 4.78 is 34.2. The molecule has 0 fully saturated rings. The van der Waals surface area contributed by atoms with Crippen LogP contribution in [0.4, 0.5) is 8.78 Å². The molecule has 2 aromatic heterocycles. The number of aliphatic imine (C=N–C) groups is 1. The average Bonchev–Trinajstić information content (AvgIpc) is 3.10. The molecule has 0 aliphatic rings. The van der Waals surface area contributed by atoms with Crippen molar-refractivity contribution < 1.29 is 13.2 Å². The molecule has 0 aliphatic heterocycles. The largest absolute Gasteiger partial charge is 0.437 e. The molecule has 4 aromatic rings. The lowest BCUT2D eigenvalue weighted by molar-refractivity contribution is 0.506. The second-order valence-electron chi connectivity index (χ2n) is 7.50. The Morgan fingerprint density at radius 1 is 1.00 bits per heavy atom. The van der Waals surface area contributed by atoms with Crippen LogP contribution in [0.25, 0.3) is 33.2 Å². The smallest absolute Gasteiger partial charge is 0.227 e. The summed E-state index contributed by atoms with van der Waals surface area (Å²) in [6, 6.07) is 12.2. The number of pyridine rings is 1. The minimum absolute atomic E-state index is 0.160. The summed E-state index contributed by atoms with van der Waals surface area (Å²) in [5.74, 6) is -1.78. The minimum atomic E-state index is -0.892. The Kier molecular flexibility index (Phi) is 5.51. The molecule has 0 spiro atoms. The number of fused-ring (bicyclic) bond motifs is 3. The highest BCUT2D eigenvalue weighted by Gasteiger charge is 2.15. The molecule has 4 rings (SSSR count). The van der Waals surface area contributed by atoms with Gasteiger partial charge in [-0.2, -0.15) is 0 Å². The first kappa shape index (κ1) is 20.7. The monoisotopic (exact) mass is 416 g/mol. The highest BCUT2D eigenvalue weighted by atomic mass is 19.2. The fourth-order valence-electron chi connectivity index (χ4n) is 3.77. The standard InChI is InChI=1S/C26H22F2N2O/c1-15(8-11-18(14-29-4)19-6-5-7-22(27)24(19)28)23-16(2)9-12-20-21-13-10-17(3)30-26(21)31-25(20)23/h5-14H,1-4H3/b15-8+,18-11+,29-14+. The Labute approximate surface area is 179 Å². The first-order chi connectivity index (χ1) is 14.9. The van der Waals surface area contributed by atoms with Crippen LogP contribution in [-0.4, -0.2) is 18.2 Å². The van der Waals surface area contributed by atoms with Crippen LogP contribution in [0.5, 0.6) is 0 Å². The van der Waals surface area contributed by atoms with Gasteiger partial charge in [-0.25, -0.2) is 13.8 Å². The molecule has 156 valence electrons. The van der Waals surface area contributed by atoms with Gasteiger partial charge in [-0.1, -0.05) is 36.4 Å². The fourth-order valence-corrected chi connectivity index (χ4v) is 3.77. The summed E-state index contributed by atoms with van der Waals surface area (Å²) in [4.78, 5) is 8.51. The Morgan fingerprint density at radius 3 is 2.55 bits per heavy atom. The maximum Gasteiger partial charge on any atom is 0.227 e. The second kappa shape index (κ2) is 8.26. The molecular weight excluding hydrogens is 394 g/mol. The molecule has 0 radical (unpaired) electrons. The molecule has 0 amide bonds. The number of halogens is 2. The van der Waals surface area contributed by atoms with Crippen LogP contribution in [0.15, 0.2) is 64.0 Å². The van der Waals surface area contributed by atoms with Gasteiger partial charge >= 0.3 is 0 Å². The highest BCUT2D eigenvalue weighted by Crippen LogP contribution is 2.35. The number of furan rings is 1. The Bertz CT molecular complexity index is 1390. The summed E-state index contributed by atoms with van der Waals surface area (Å²) in [5, 5.41) is 1.96. The van der Waals surface area contributed by atoms with Crippen molar-refractivity contribution in [2.45, 2.75) is 20.8 Å². The quantitative estimate of drug-likeness (QED) is 0.264. The number of benzene rings is 2.